The Morgan fingerprint density at radius 1 is 1.16 bits per heavy atom. The number of aliphatic hydroxyl groups excluding tert-OH is 1. The van der Waals surface area contributed by atoms with E-state index < -0.39 is 10.8 Å². The van der Waals surface area contributed by atoms with E-state index in [9.17, 15) is 9.32 Å². The van der Waals surface area contributed by atoms with Gasteiger partial charge in [0, 0.05) is 52.1 Å². The number of benzene rings is 1. The van der Waals surface area contributed by atoms with E-state index in [0.29, 0.717) is 53.9 Å². The number of aromatic nitrogens is 4. The molecule has 1 aliphatic rings. The number of hydrogen-bond donors (Lipinski definition) is 2. The van der Waals surface area contributed by atoms with Crippen molar-refractivity contribution in [2.75, 3.05) is 54.2 Å². The topological polar surface area (TPSA) is 104 Å². The Labute approximate surface area is 198 Å². The van der Waals surface area contributed by atoms with E-state index in [2.05, 4.69) is 67.6 Å². The van der Waals surface area contributed by atoms with E-state index in [1.165, 1.54) is 10.5 Å². The molecule has 1 aliphatic heterocycles. The summed E-state index contributed by atoms with van der Waals surface area (Å²) in [6.07, 6.45) is 3.63. The average molecular weight is 491 g/mol. The van der Waals surface area contributed by atoms with Crippen molar-refractivity contribution in [1.29, 1.82) is 0 Å². The number of aliphatic hydroxyl groups is 1. The molecular formula is C21H26N6O2S3. The molecule has 1 aromatic carbocycles. The lowest BCUT2D eigenvalue weighted by Gasteiger charge is -2.28. The highest BCUT2D eigenvalue weighted by Crippen LogP contribution is 2.38. The highest BCUT2D eigenvalue weighted by Gasteiger charge is 2.23. The molecule has 2 aromatic heterocycles. The van der Waals surface area contributed by atoms with E-state index in [1.807, 2.05) is 0 Å². The van der Waals surface area contributed by atoms with Gasteiger partial charge in [-0.3, -0.25) is 4.21 Å². The third-order valence-corrected chi connectivity index (χ3v) is 8.34. The van der Waals surface area contributed by atoms with E-state index in [-0.39, 0.29) is 11.9 Å². The second-order valence-electron chi connectivity index (χ2n) is 7.27. The fraction of sp³-hybridized carbons (Fsp3) is 0.429. The molecule has 1 saturated heterocycles. The lowest BCUT2D eigenvalue weighted by atomic mass is 10.2. The van der Waals surface area contributed by atoms with Gasteiger partial charge in [0.05, 0.1) is 6.61 Å². The molecule has 170 valence electrons. The molecule has 0 saturated carbocycles. The van der Waals surface area contributed by atoms with Crippen molar-refractivity contribution in [3.05, 3.63) is 36.2 Å². The number of rotatable bonds is 8. The summed E-state index contributed by atoms with van der Waals surface area (Å²) in [6, 6.07) is 8.56. The second-order valence-corrected chi connectivity index (χ2v) is 11.2. The van der Waals surface area contributed by atoms with Crippen LogP contribution in [0.25, 0.3) is 11.0 Å². The van der Waals surface area contributed by atoms with Crippen LogP contribution in [0, 0.1) is 0 Å². The molecule has 3 aromatic rings. The quantitative estimate of drug-likeness (QED) is 0.362. The van der Waals surface area contributed by atoms with Gasteiger partial charge in [0.25, 0.3) is 0 Å². The molecule has 8 nitrogen and oxygen atoms in total. The maximum atomic E-state index is 11.8. The van der Waals surface area contributed by atoms with Crippen molar-refractivity contribution >= 4 is 57.1 Å². The van der Waals surface area contributed by atoms with Gasteiger partial charge in [-0.15, -0.1) is 11.8 Å². The van der Waals surface area contributed by atoms with Gasteiger partial charge in [-0.25, -0.2) is 15.0 Å². The zero-order valence-electron chi connectivity index (χ0n) is 18.0. The molecule has 0 aliphatic carbocycles. The monoisotopic (exact) mass is 490 g/mol. The molecule has 3 heterocycles. The van der Waals surface area contributed by atoms with E-state index in [1.54, 1.807) is 29.9 Å². The zero-order valence-corrected chi connectivity index (χ0v) is 20.5. The first-order valence-electron chi connectivity index (χ1n) is 10.4. The van der Waals surface area contributed by atoms with Gasteiger partial charge in [-0.1, -0.05) is 23.9 Å². The summed E-state index contributed by atoms with van der Waals surface area (Å²) in [5, 5.41) is 13.3. The van der Waals surface area contributed by atoms with Crippen LogP contribution in [0.1, 0.15) is 17.7 Å². The van der Waals surface area contributed by atoms with Crippen molar-refractivity contribution < 1.29 is 9.32 Å². The Hall–Kier alpha value is -1.95. The van der Waals surface area contributed by atoms with Gasteiger partial charge in [0.1, 0.15) is 22.4 Å². The number of nitrogens with zero attached hydrogens (tertiary/aromatic N) is 5. The van der Waals surface area contributed by atoms with Crippen LogP contribution in [-0.2, 0) is 10.8 Å². The Bertz CT molecular complexity index is 1090. The van der Waals surface area contributed by atoms with Gasteiger partial charge in [0.2, 0.25) is 5.95 Å². The van der Waals surface area contributed by atoms with E-state index >= 15 is 0 Å². The van der Waals surface area contributed by atoms with Crippen LogP contribution in [-0.4, -0.2) is 73.3 Å². The van der Waals surface area contributed by atoms with Crippen molar-refractivity contribution in [2.45, 2.75) is 22.1 Å². The van der Waals surface area contributed by atoms with Crippen molar-refractivity contribution in [2.24, 2.45) is 0 Å². The fourth-order valence-electron chi connectivity index (χ4n) is 3.42. The summed E-state index contributed by atoms with van der Waals surface area (Å²) in [5.41, 5.74) is 2.59. The van der Waals surface area contributed by atoms with E-state index in [0.717, 1.165) is 5.03 Å². The predicted octanol–water partition coefficient (Wildman–Crippen LogP) is 2.97. The van der Waals surface area contributed by atoms with Crippen molar-refractivity contribution in [3.63, 3.8) is 0 Å². The van der Waals surface area contributed by atoms with Crippen LogP contribution in [0.3, 0.4) is 0 Å². The van der Waals surface area contributed by atoms with E-state index in [4.69, 9.17) is 0 Å². The van der Waals surface area contributed by atoms with Gasteiger partial charge in [-0.2, -0.15) is 4.98 Å². The smallest absolute Gasteiger partial charge is 0.225 e. The minimum absolute atomic E-state index is 0.0185. The molecule has 32 heavy (non-hydrogen) atoms. The molecular weight excluding hydrogens is 464 g/mol. The first-order chi connectivity index (χ1) is 15.6. The number of hydrogen-bond acceptors (Lipinski definition) is 10. The first kappa shape index (κ1) is 23.2. The Morgan fingerprint density at radius 3 is 2.59 bits per heavy atom. The third kappa shape index (κ3) is 5.33. The molecule has 1 atom stereocenters. The van der Waals surface area contributed by atoms with Crippen LogP contribution < -0.4 is 10.2 Å². The predicted molar refractivity (Wildman–Crippen MR) is 133 cm³/mol. The van der Waals surface area contributed by atoms with Crippen LogP contribution >= 0.6 is 23.5 Å². The summed E-state index contributed by atoms with van der Waals surface area (Å²) < 4.78 is 11.8. The maximum absolute atomic E-state index is 11.8. The summed E-state index contributed by atoms with van der Waals surface area (Å²) >= 11 is 3.36. The molecule has 11 heteroatoms. The van der Waals surface area contributed by atoms with Crippen LogP contribution in [0.4, 0.5) is 11.8 Å². The Balaban J connectivity index is 1.70. The largest absolute Gasteiger partial charge is 0.395 e. The standard InChI is InChI=1S/C21H26N6O2S3/c1-14(15-3-5-16(30-2)6-4-15)31-20-18-17(23-13-24-20)19(26-21(25-18)22-7-10-28)27-8-11-32(29)12-9-27/h3-6,13-14,28H,7-12H2,1-2H3,(H,22,25,26). The number of thioether (sulfide) groups is 2. The fourth-order valence-corrected chi connectivity index (χ4v) is 5.88. The lowest BCUT2D eigenvalue weighted by molar-refractivity contribution is 0.311. The Kier molecular flexibility index (Phi) is 7.82. The van der Waals surface area contributed by atoms with Gasteiger partial charge >= 0.3 is 0 Å². The molecule has 0 amide bonds. The maximum Gasteiger partial charge on any atom is 0.225 e. The SMILES string of the molecule is CSc1ccc(C(C)Sc2ncnc3c(N4CCS(=O)CC4)nc(NCCO)nc23)cc1. The van der Waals surface area contributed by atoms with Crippen molar-refractivity contribution in [1.82, 2.24) is 19.9 Å². The number of nitrogens with one attached hydrogen (secondary N) is 1. The lowest BCUT2D eigenvalue weighted by Crippen LogP contribution is -2.38. The summed E-state index contributed by atoms with van der Waals surface area (Å²) in [6.45, 7) is 3.80. The Morgan fingerprint density at radius 2 is 1.91 bits per heavy atom. The highest BCUT2D eigenvalue weighted by atomic mass is 32.2. The molecule has 0 bridgehead atoms. The van der Waals surface area contributed by atoms with Crippen LogP contribution in [0.2, 0.25) is 0 Å². The average Bonchev–Trinajstić information content (AvgIpc) is 2.83. The second kappa shape index (κ2) is 10.8. The van der Waals surface area contributed by atoms with Gasteiger partial charge < -0.3 is 15.3 Å². The highest BCUT2D eigenvalue weighted by molar-refractivity contribution is 7.99. The zero-order chi connectivity index (χ0) is 22.5. The first-order valence-corrected chi connectivity index (χ1v) is 14.0. The van der Waals surface area contributed by atoms with Crippen LogP contribution in [0.5, 0.6) is 0 Å². The molecule has 1 fully saturated rings. The number of fused-ring (bicyclic) bond motifs is 1. The summed E-state index contributed by atoms with van der Waals surface area (Å²) in [5.74, 6) is 2.37. The molecule has 1 unspecified atom stereocenters. The summed E-state index contributed by atoms with van der Waals surface area (Å²) in [4.78, 5) is 21.8. The van der Waals surface area contributed by atoms with Crippen LogP contribution in [0.15, 0.2) is 40.5 Å². The normalized spacial score (nSPS) is 15.8. The summed E-state index contributed by atoms with van der Waals surface area (Å²) in [7, 11) is -0.787. The molecule has 0 spiro atoms. The molecule has 2 N–H and O–H groups in total. The number of anilines is 2. The molecule has 0 radical (unpaired) electrons. The van der Waals surface area contributed by atoms with Gasteiger partial charge in [0.15, 0.2) is 5.82 Å². The minimum Gasteiger partial charge on any atom is -0.395 e. The minimum atomic E-state index is -0.787. The molecule has 4 rings (SSSR count). The van der Waals surface area contributed by atoms with Crippen molar-refractivity contribution in [3.8, 4) is 0 Å². The third-order valence-electron chi connectivity index (χ3n) is 5.18. The van der Waals surface area contributed by atoms with Gasteiger partial charge in [-0.05, 0) is 30.9 Å².